The van der Waals surface area contributed by atoms with Crippen LogP contribution in [0, 0.1) is 5.82 Å². The minimum Gasteiger partial charge on any atom is -0.478 e. The SMILES string of the molecule is NC(=O)CN(CC(N)=O)c1cccc(F)c1/C=C/C(=O)O. The Hall–Kier alpha value is -2.90. The zero-order valence-corrected chi connectivity index (χ0v) is 11.0. The molecule has 8 heteroatoms. The molecule has 0 aliphatic heterocycles. The molecule has 5 N–H and O–H groups in total. The summed E-state index contributed by atoms with van der Waals surface area (Å²) in [6.07, 6.45) is 1.77. The average molecular weight is 295 g/mol. The molecule has 0 aliphatic rings. The number of nitrogens with zero attached hydrogens (tertiary/aromatic N) is 1. The fraction of sp³-hybridized carbons (Fsp3) is 0.154. The number of halogens is 1. The Morgan fingerprint density at radius 2 is 1.76 bits per heavy atom. The minimum absolute atomic E-state index is 0.0811. The van der Waals surface area contributed by atoms with E-state index in [2.05, 4.69) is 0 Å². The van der Waals surface area contributed by atoms with Crippen LogP contribution in [-0.4, -0.2) is 36.0 Å². The lowest BCUT2D eigenvalue weighted by Gasteiger charge is -2.23. The summed E-state index contributed by atoms with van der Waals surface area (Å²) in [7, 11) is 0. The topological polar surface area (TPSA) is 127 Å². The van der Waals surface area contributed by atoms with Crippen molar-refractivity contribution < 1.29 is 23.9 Å². The van der Waals surface area contributed by atoms with E-state index >= 15 is 0 Å². The van der Waals surface area contributed by atoms with Crippen LogP contribution in [0.3, 0.4) is 0 Å². The predicted molar refractivity (Wildman–Crippen MR) is 73.7 cm³/mol. The van der Waals surface area contributed by atoms with Crippen molar-refractivity contribution in [2.45, 2.75) is 0 Å². The van der Waals surface area contributed by atoms with Crippen LogP contribution in [0.25, 0.3) is 6.08 Å². The van der Waals surface area contributed by atoms with E-state index < -0.39 is 23.6 Å². The van der Waals surface area contributed by atoms with E-state index in [1.807, 2.05) is 0 Å². The number of primary amides is 2. The normalized spacial score (nSPS) is 10.5. The smallest absolute Gasteiger partial charge is 0.328 e. The molecule has 0 spiro atoms. The summed E-state index contributed by atoms with van der Waals surface area (Å²) < 4.78 is 13.8. The quantitative estimate of drug-likeness (QED) is 0.595. The van der Waals surface area contributed by atoms with Crippen molar-refractivity contribution in [1.82, 2.24) is 0 Å². The number of nitrogens with two attached hydrogens (primary N) is 2. The van der Waals surface area contributed by atoms with Gasteiger partial charge in [0.25, 0.3) is 0 Å². The van der Waals surface area contributed by atoms with Gasteiger partial charge in [-0.3, -0.25) is 9.59 Å². The highest BCUT2D eigenvalue weighted by molar-refractivity contribution is 5.89. The number of carbonyl (C=O) groups is 3. The minimum atomic E-state index is -1.26. The highest BCUT2D eigenvalue weighted by Gasteiger charge is 2.17. The lowest BCUT2D eigenvalue weighted by Crippen LogP contribution is -2.40. The molecule has 0 fully saturated rings. The van der Waals surface area contributed by atoms with E-state index in [0.717, 1.165) is 18.2 Å². The summed E-state index contributed by atoms with van der Waals surface area (Å²) in [4.78, 5) is 33.8. The molecule has 0 atom stereocenters. The Morgan fingerprint density at radius 1 is 1.19 bits per heavy atom. The first kappa shape index (κ1) is 16.2. The maximum atomic E-state index is 13.8. The number of amides is 2. The first-order valence-corrected chi connectivity index (χ1v) is 5.82. The lowest BCUT2D eigenvalue weighted by molar-refractivity contribution is -0.131. The molecule has 2 amide bonds. The van der Waals surface area contributed by atoms with Crippen LogP contribution in [0.4, 0.5) is 10.1 Å². The molecule has 0 aliphatic carbocycles. The first-order valence-electron chi connectivity index (χ1n) is 5.82. The molecule has 1 aromatic carbocycles. The lowest BCUT2D eigenvalue weighted by atomic mass is 10.1. The molecule has 0 radical (unpaired) electrons. The molecule has 1 rings (SSSR count). The van der Waals surface area contributed by atoms with E-state index in [1.165, 1.54) is 17.0 Å². The van der Waals surface area contributed by atoms with Crippen LogP contribution in [0.2, 0.25) is 0 Å². The van der Waals surface area contributed by atoms with Crippen molar-refractivity contribution in [3.63, 3.8) is 0 Å². The monoisotopic (exact) mass is 295 g/mol. The number of rotatable bonds is 7. The van der Waals surface area contributed by atoms with Crippen molar-refractivity contribution in [3.8, 4) is 0 Å². The predicted octanol–water partition coefficient (Wildman–Crippen LogP) is -0.299. The van der Waals surface area contributed by atoms with Gasteiger partial charge in [-0.25, -0.2) is 9.18 Å². The highest BCUT2D eigenvalue weighted by Crippen LogP contribution is 2.24. The second-order valence-corrected chi connectivity index (χ2v) is 4.13. The van der Waals surface area contributed by atoms with Crippen molar-refractivity contribution in [3.05, 3.63) is 35.7 Å². The second-order valence-electron chi connectivity index (χ2n) is 4.13. The Bertz CT molecular complexity index is 585. The van der Waals surface area contributed by atoms with E-state index in [9.17, 15) is 18.8 Å². The zero-order valence-electron chi connectivity index (χ0n) is 11.0. The Labute approximate surface area is 119 Å². The zero-order chi connectivity index (χ0) is 16.0. The summed E-state index contributed by atoms with van der Waals surface area (Å²) in [6.45, 7) is -0.722. The molecule has 0 saturated heterocycles. The van der Waals surface area contributed by atoms with Crippen LogP contribution < -0.4 is 16.4 Å². The first-order chi connectivity index (χ1) is 9.81. The largest absolute Gasteiger partial charge is 0.478 e. The number of carboxylic acids is 1. The average Bonchev–Trinajstić information content (AvgIpc) is 2.34. The molecule has 7 nitrogen and oxygen atoms in total. The summed E-state index contributed by atoms with van der Waals surface area (Å²) in [5.41, 5.74) is 10.2. The van der Waals surface area contributed by atoms with Crippen molar-refractivity contribution in [2.75, 3.05) is 18.0 Å². The summed E-state index contributed by atoms with van der Waals surface area (Å²) in [5.74, 6) is -3.45. The van der Waals surface area contributed by atoms with Gasteiger partial charge in [-0.15, -0.1) is 0 Å². The van der Waals surface area contributed by atoms with E-state index in [1.54, 1.807) is 0 Å². The third-order valence-electron chi connectivity index (χ3n) is 2.46. The number of aliphatic carboxylic acids is 1. The second kappa shape index (κ2) is 7.04. The standard InChI is InChI=1S/C13H14FN3O4/c14-9-2-1-3-10(8(9)4-5-13(20)21)17(6-11(15)18)7-12(16)19/h1-5H,6-7H2,(H2,15,18)(H2,16,19)(H,20,21)/b5-4+. The van der Waals surface area contributed by atoms with Gasteiger partial charge in [0.15, 0.2) is 0 Å². The van der Waals surface area contributed by atoms with E-state index in [4.69, 9.17) is 16.6 Å². The van der Waals surface area contributed by atoms with Gasteiger partial charge < -0.3 is 21.5 Å². The van der Waals surface area contributed by atoms with Crippen LogP contribution in [0.5, 0.6) is 0 Å². The molecular weight excluding hydrogens is 281 g/mol. The Balaban J connectivity index is 3.29. The van der Waals surface area contributed by atoms with E-state index in [-0.39, 0.29) is 24.3 Å². The molecule has 0 bridgehead atoms. The summed E-state index contributed by atoms with van der Waals surface area (Å²) >= 11 is 0. The van der Waals surface area contributed by atoms with Gasteiger partial charge in [0, 0.05) is 17.3 Å². The van der Waals surface area contributed by atoms with Gasteiger partial charge in [-0.1, -0.05) is 6.07 Å². The number of carboxylic acid groups (broad SMARTS) is 1. The Morgan fingerprint density at radius 3 is 2.24 bits per heavy atom. The van der Waals surface area contributed by atoms with E-state index in [0.29, 0.717) is 0 Å². The summed E-state index contributed by atoms with van der Waals surface area (Å²) in [6, 6.07) is 3.91. The third kappa shape index (κ3) is 4.94. The van der Waals surface area contributed by atoms with Gasteiger partial charge in [0.2, 0.25) is 11.8 Å². The molecule has 1 aromatic rings. The molecule has 0 aromatic heterocycles. The molecule has 112 valence electrons. The van der Waals surface area contributed by atoms with Crippen LogP contribution in [-0.2, 0) is 14.4 Å². The molecule has 0 unspecified atom stereocenters. The van der Waals surface area contributed by atoms with Gasteiger partial charge in [-0.05, 0) is 18.2 Å². The maximum absolute atomic E-state index is 13.8. The van der Waals surface area contributed by atoms with Crippen LogP contribution in [0.1, 0.15) is 5.56 Å². The van der Waals surface area contributed by atoms with Crippen molar-refractivity contribution >= 4 is 29.5 Å². The van der Waals surface area contributed by atoms with Crippen LogP contribution >= 0.6 is 0 Å². The number of hydrogen-bond donors (Lipinski definition) is 3. The molecule has 0 heterocycles. The third-order valence-corrected chi connectivity index (χ3v) is 2.46. The van der Waals surface area contributed by atoms with Gasteiger partial charge in [0.05, 0.1) is 13.1 Å². The molecule has 0 saturated carbocycles. The fourth-order valence-corrected chi connectivity index (χ4v) is 1.72. The van der Waals surface area contributed by atoms with Crippen molar-refractivity contribution in [2.24, 2.45) is 11.5 Å². The van der Waals surface area contributed by atoms with Crippen molar-refractivity contribution in [1.29, 1.82) is 0 Å². The van der Waals surface area contributed by atoms with Crippen LogP contribution in [0.15, 0.2) is 24.3 Å². The van der Waals surface area contributed by atoms with Gasteiger partial charge in [-0.2, -0.15) is 0 Å². The number of hydrogen-bond acceptors (Lipinski definition) is 4. The number of anilines is 1. The molecule has 21 heavy (non-hydrogen) atoms. The summed E-state index contributed by atoms with van der Waals surface area (Å²) in [5, 5.41) is 8.61. The maximum Gasteiger partial charge on any atom is 0.328 e. The van der Waals surface area contributed by atoms with Gasteiger partial charge >= 0.3 is 5.97 Å². The van der Waals surface area contributed by atoms with Gasteiger partial charge in [0.1, 0.15) is 5.82 Å². The number of benzene rings is 1. The Kier molecular flexibility index (Phi) is 5.41. The fourth-order valence-electron chi connectivity index (χ4n) is 1.72. The highest BCUT2D eigenvalue weighted by atomic mass is 19.1. The molecular formula is C13H14FN3O4. The number of carbonyl (C=O) groups excluding carboxylic acids is 2.